The van der Waals surface area contributed by atoms with Gasteiger partial charge in [0.15, 0.2) is 0 Å². The summed E-state index contributed by atoms with van der Waals surface area (Å²) in [4.78, 5) is 27.2. The Hall–Kier alpha value is -2.00. The van der Waals surface area contributed by atoms with E-state index in [0.717, 1.165) is 11.8 Å². The topological polar surface area (TPSA) is 86.8 Å². The van der Waals surface area contributed by atoms with E-state index in [-0.39, 0.29) is 37.7 Å². The van der Waals surface area contributed by atoms with Crippen LogP contribution in [0.2, 0.25) is 15.1 Å². The molecular weight excluding hydrogens is 521 g/mol. The molecule has 7 nitrogen and oxygen atoms in total. The van der Waals surface area contributed by atoms with Crippen molar-refractivity contribution in [3.63, 3.8) is 0 Å². The molecular formula is C23H28Cl3N3O4S. The highest BCUT2D eigenvalue weighted by Gasteiger charge is 2.28. The number of halogens is 3. The van der Waals surface area contributed by atoms with Gasteiger partial charge in [0.05, 0.1) is 22.0 Å². The Kier molecular flexibility index (Phi) is 10.5. The van der Waals surface area contributed by atoms with E-state index in [0.29, 0.717) is 27.2 Å². The van der Waals surface area contributed by atoms with Crippen LogP contribution in [-0.4, -0.2) is 51.0 Å². The molecule has 11 heteroatoms. The summed E-state index contributed by atoms with van der Waals surface area (Å²) in [7, 11) is -2.07. The van der Waals surface area contributed by atoms with Gasteiger partial charge in [-0.15, -0.1) is 0 Å². The minimum atomic E-state index is -3.59. The van der Waals surface area contributed by atoms with Crippen LogP contribution in [0.3, 0.4) is 0 Å². The van der Waals surface area contributed by atoms with Crippen LogP contribution < -0.4 is 9.62 Å². The lowest BCUT2D eigenvalue weighted by molar-refractivity contribution is -0.141. The summed E-state index contributed by atoms with van der Waals surface area (Å²) in [6.45, 7) is 2.06. The Morgan fingerprint density at radius 3 is 2.32 bits per heavy atom. The molecule has 1 N–H and O–H groups in total. The van der Waals surface area contributed by atoms with Crippen molar-refractivity contribution in [2.24, 2.45) is 0 Å². The molecule has 0 aromatic heterocycles. The molecule has 0 fully saturated rings. The number of nitrogens with zero attached hydrogens (tertiary/aromatic N) is 2. The molecule has 0 bridgehead atoms. The van der Waals surface area contributed by atoms with E-state index < -0.39 is 16.1 Å². The Balaban J connectivity index is 2.21. The largest absolute Gasteiger partial charge is 0.357 e. The van der Waals surface area contributed by atoms with Crippen LogP contribution in [0.25, 0.3) is 0 Å². The molecule has 0 aliphatic carbocycles. The van der Waals surface area contributed by atoms with Gasteiger partial charge in [0.25, 0.3) is 0 Å². The van der Waals surface area contributed by atoms with Gasteiger partial charge < -0.3 is 10.2 Å². The SMILES string of the molecule is CC[C@H](C(=O)NC)N(Cc1ccc(Cl)c(Cl)c1)C(=O)CCCN(c1cccc(Cl)c1)S(C)(=O)=O. The minimum absolute atomic E-state index is 0.0431. The first kappa shape index (κ1) is 28.2. The van der Waals surface area contributed by atoms with Gasteiger partial charge in [-0.2, -0.15) is 0 Å². The van der Waals surface area contributed by atoms with E-state index in [1.807, 2.05) is 6.92 Å². The Morgan fingerprint density at radius 1 is 1.06 bits per heavy atom. The number of carbonyl (C=O) groups is 2. The van der Waals surface area contributed by atoms with Gasteiger partial charge in [0.2, 0.25) is 21.8 Å². The summed E-state index contributed by atoms with van der Waals surface area (Å²) in [6, 6.07) is 10.9. The molecule has 0 saturated carbocycles. The molecule has 0 aliphatic heterocycles. The monoisotopic (exact) mass is 547 g/mol. The van der Waals surface area contributed by atoms with E-state index >= 15 is 0 Å². The highest BCUT2D eigenvalue weighted by atomic mass is 35.5. The van der Waals surface area contributed by atoms with Crippen LogP contribution in [0.15, 0.2) is 42.5 Å². The van der Waals surface area contributed by atoms with Gasteiger partial charge in [-0.3, -0.25) is 13.9 Å². The first-order valence-corrected chi connectivity index (χ1v) is 13.6. The molecule has 1 atom stereocenters. The number of nitrogens with one attached hydrogen (secondary N) is 1. The predicted octanol–water partition coefficient (Wildman–Crippen LogP) is 4.75. The third-order valence-electron chi connectivity index (χ3n) is 5.22. The Morgan fingerprint density at radius 2 is 1.76 bits per heavy atom. The zero-order valence-electron chi connectivity index (χ0n) is 19.2. The predicted molar refractivity (Wildman–Crippen MR) is 138 cm³/mol. The van der Waals surface area contributed by atoms with Crippen LogP contribution in [0.4, 0.5) is 5.69 Å². The van der Waals surface area contributed by atoms with Crippen molar-refractivity contribution in [1.82, 2.24) is 10.2 Å². The summed E-state index contributed by atoms with van der Waals surface area (Å²) in [5.74, 6) is -0.561. The third-order valence-corrected chi connectivity index (χ3v) is 7.39. The lowest BCUT2D eigenvalue weighted by atomic mass is 10.1. The summed E-state index contributed by atoms with van der Waals surface area (Å²) in [6.07, 6.45) is 1.80. The molecule has 0 radical (unpaired) electrons. The second-order valence-corrected chi connectivity index (χ2v) is 10.9. The molecule has 0 heterocycles. The normalized spacial score (nSPS) is 12.2. The first-order valence-electron chi connectivity index (χ1n) is 10.7. The van der Waals surface area contributed by atoms with Gasteiger partial charge in [-0.1, -0.05) is 53.9 Å². The maximum atomic E-state index is 13.2. The maximum absolute atomic E-state index is 13.2. The fourth-order valence-corrected chi connectivity index (χ4v) is 5.02. The van der Waals surface area contributed by atoms with Gasteiger partial charge in [-0.25, -0.2) is 8.42 Å². The zero-order valence-corrected chi connectivity index (χ0v) is 22.3. The van der Waals surface area contributed by atoms with Gasteiger partial charge >= 0.3 is 0 Å². The van der Waals surface area contributed by atoms with Crippen molar-refractivity contribution in [2.45, 2.75) is 38.8 Å². The standard InChI is InChI=1S/C23H28Cl3N3O4S/c1-4-21(23(31)27-2)28(15-16-10-11-19(25)20(26)13-16)22(30)9-6-12-29(34(3,32)33)18-8-5-7-17(24)14-18/h5,7-8,10-11,13-14,21H,4,6,9,12,15H2,1-3H3,(H,27,31)/t21-/m1/s1. The molecule has 186 valence electrons. The minimum Gasteiger partial charge on any atom is -0.357 e. The summed E-state index contributed by atoms with van der Waals surface area (Å²) >= 11 is 18.1. The van der Waals surface area contributed by atoms with Crippen molar-refractivity contribution < 1.29 is 18.0 Å². The number of likely N-dealkylation sites (N-methyl/N-ethyl adjacent to an activating group) is 1. The quantitative estimate of drug-likeness (QED) is 0.439. The molecule has 2 aromatic carbocycles. The van der Waals surface area contributed by atoms with Crippen molar-refractivity contribution in [2.75, 3.05) is 24.2 Å². The molecule has 2 aromatic rings. The number of benzene rings is 2. The molecule has 2 amide bonds. The fraction of sp³-hybridized carbons (Fsp3) is 0.391. The molecule has 0 spiro atoms. The van der Waals surface area contributed by atoms with E-state index in [4.69, 9.17) is 34.8 Å². The number of hydrogen-bond acceptors (Lipinski definition) is 4. The molecule has 2 rings (SSSR count). The highest BCUT2D eigenvalue weighted by Crippen LogP contribution is 2.25. The fourth-order valence-electron chi connectivity index (χ4n) is 3.56. The van der Waals surface area contributed by atoms with Crippen molar-refractivity contribution in [1.29, 1.82) is 0 Å². The van der Waals surface area contributed by atoms with Gasteiger partial charge in [-0.05, 0) is 48.7 Å². The van der Waals surface area contributed by atoms with E-state index in [2.05, 4.69) is 5.32 Å². The maximum Gasteiger partial charge on any atom is 0.242 e. The van der Waals surface area contributed by atoms with Crippen molar-refractivity contribution in [3.8, 4) is 0 Å². The number of sulfonamides is 1. The van der Waals surface area contributed by atoms with E-state index in [1.54, 1.807) is 42.5 Å². The van der Waals surface area contributed by atoms with Crippen LogP contribution in [0.5, 0.6) is 0 Å². The van der Waals surface area contributed by atoms with Gasteiger partial charge in [0, 0.05) is 31.6 Å². The van der Waals surface area contributed by atoms with E-state index in [9.17, 15) is 18.0 Å². The van der Waals surface area contributed by atoms with Crippen molar-refractivity contribution in [3.05, 3.63) is 63.1 Å². The average molecular weight is 549 g/mol. The highest BCUT2D eigenvalue weighted by molar-refractivity contribution is 7.92. The lowest BCUT2D eigenvalue weighted by Gasteiger charge is -2.31. The summed E-state index contributed by atoms with van der Waals surface area (Å²) in [5, 5.41) is 3.75. The van der Waals surface area contributed by atoms with Gasteiger partial charge in [0.1, 0.15) is 6.04 Å². The number of anilines is 1. The third kappa shape index (κ3) is 7.77. The lowest BCUT2D eigenvalue weighted by Crippen LogP contribution is -2.48. The number of amides is 2. The smallest absolute Gasteiger partial charge is 0.242 e. The second kappa shape index (κ2) is 12.6. The van der Waals surface area contributed by atoms with E-state index in [1.165, 1.54) is 16.3 Å². The Labute approximate surface area is 216 Å². The second-order valence-electron chi connectivity index (χ2n) is 7.73. The molecule has 0 unspecified atom stereocenters. The number of carbonyl (C=O) groups excluding carboxylic acids is 2. The average Bonchev–Trinajstić information content (AvgIpc) is 2.77. The van der Waals surface area contributed by atoms with Crippen LogP contribution in [-0.2, 0) is 26.2 Å². The zero-order chi connectivity index (χ0) is 25.5. The number of rotatable bonds is 11. The van der Waals surface area contributed by atoms with Crippen LogP contribution in [0.1, 0.15) is 31.7 Å². The van der Waals surface area contributed by atoms with Crippen LogP contribution >= 0.6 is 34.8 Å². The first-order chi connectivity index (χ1) is 16.0. The number of hydrogen-bond donors (Lipinski definition) is 1. The molecule has 0 saturated heterocycles. The van der Waals surface area contributed by atoms with Crippen molar-refractivity contribution >= 4 is 62.3 Å². The van der Waals surface area contributed by atoms with Crippen LogP contribution in [0, 0.1) is 0 Å². The molecule has 0 aliphatic rings. The molecule has 34 heavy (non-hydrogen) atoms. The summed E-state index contributed by atoms with van der Waals surface area (Å²) in [5.41, 5.74) is 1.15. The Bertz CT molecular complexity index is 1130. The summed E-state index contributed by atoms with van der Waals surface area (Å²) < 4.78 is 25.9.